The third-order valence-electron chi connectivity index (χ3n) is 5.05. The monoisotopic (exact) mass is 469 g/mol. The highest BCUT2D eigenvalue weighted by molar-refractivity contribution is 6.46. The summed E-state index contributed by atoms with van der Waals surface area (Å²) in [6.45, 7) is 0.101. The van der Waals surface area contributed by atoms with E-state index in [4.69, 9.17) is 27.9 Å². The summed E-state index contributed by atoms with van der Waals surface area (Å²) in [5.74, 6) is -1.93. The van der Waals surface area contributed by atoms with E-state index in [0.29, 0.717) is 5.69 Å². The smallest absolute Gasteiger partial charge is 0.296 e. The van der Waals surface area contributed by atoms with Crippen molar-refractivity contribution >= 4 is 40.7 Å². The summed E-state index contributed by atoms with van der Waals surface area (Å²) in [5, 5.41) is 11.6. The van der Waals surface area contributed by atoms with Crippen LogP contribution in [0, 0.1) is 0 Å². The number of nitrogens with zero attached hydrogens (tertiary/aromatic N) is 3. The predicted octanol–water partition coefficient (Wildman–Crippen LogP) is 4.41. The number of aliphatic hydroxyl groups is 1. The van der Waals surface area contributed by atoms with Crippen LogP contribution in [0.1, 0.15) is 22.9 Å². The number of ketones is 1. The van der Waals surface area contributed by atoms with E-state index in [1.807, 2.05) is 0 Å². The van der Waals surface area contributed by atoms with Gasteiger partial charge in [-0.05, 0) is 35.9 Å². The summed E-state index contributed by atoms with van der Waals surface area (Å²) in [6.07, 6.45) is 4.77. The van der Waals surface area contributed by atoms with Gasteiger partial charge in [-0.3, -0.25) is 19.6 Å². The molecule has 1 aliphatic heterocycles. The first-order valence-electron chi connectivity index (χ1n) is 9.54. The second kappa shape index (κ2) is 8.98. The first kappa shape index (κ1) is 21.8. The molecular weight excluding hydrogens is 453 g/mol. The molecule has 3 aromatic rings. The molecule has 1 amide bonds. The molecular formula is C23H17Cl2N3O4. The molecule has 0 saturated carbocycles. The second-order valence-electron chi connectivity index (χ2n) is 7.01. The van der Waals surface area contributed by atoms with Crippen LogP contribution >= 0.6 is 23.2 Å². The number of benzene rings is 1. The number of aliphatic hydroxyl groups excluding tert-OH is 1. The first-order valence-corrected chi connectivity index (χ1v) is 10.3. The molecule has 1 saturated heterocycles. The molecule has 0 spiro atoms. The summed E-state index contributed by atoms with van der Waals surface area (Å²) >= 11 is 12.3. The maximum absolute atomic E-state index is 13.1. The van der Waals surface area contributed by atoms with Crippen molar-refractivity contribution in [3.8, 4) is 5.75 Å². The fraction of sp³-hybridized carbons (Fsp3) is 0.130. The number of carbonyl (C=O) groups excluding carboxylic acids is 2. The van der Waals surface area contributed by atoms with Gasteiger partial charge in [-0.2, -0.15) is 0 Å². The lowest BCUT2D eigenvalue weighted by molar-refractivity contribution is -0.140. The Balaban J connectivity index is 1.92. The van der Waals surface area contributed by atoms with Crippen molar-refractivity contribution in [3.05, 3.63) is 93.5 Å². The van der Waals surface area contributed by atoms with Crippen molar-refractivity contribution in [1.82, 2.24) is 14.9 Å². The molecule has 1 atom stereocenters. The van der Waals surface area contributed by atoms with Crippen LogP contribution in [0.4, 0.5) is 0 Å². The number of aromatic nitrogens is 2. The number of carbonyl (C=O) groups is 2. The summed E-state index contributed by atoms with van der Waals surface area (Å²) in [5.41, 5.74) is 1.11. The second-order valence-corrected chi connectivity index (χ2v) is 7.85. The number of methoxy groups -OCH3 is 1. The van der Waals surface area contributed by atoms with E-state index >= 15 is 0 Å². The maximum atomic E-state index is 13.1. The molecule has 0 radical (unpaired) electrons. The minimum absolute atomic E-state index is 0.101. The number of hydrogen-bond donors (Lipinski definition) is 1. The van der Waals surface area contributed by atoms with Gasteiger partial charge in [0.2, 0.25) is 0 Å². The van der Waals surface area contributed by atoms with Crippen molar-refractivity contribution in [2.75, 3.05) is 7.11 Å². The van der Waals surface area contributed by atoms with Crippen molar-refractivity contribution in [3.63, 3.8) is 0 Å². The van der Waals surface area contributed by atoms with Crippen LogP contribution in [0.25, 0.3) is 5.76 Å². The largest absolute Gasteiger partial charge is 0.507 e. The topological polar surface area (TPSA) is 92.6 Å². The predicted molar refractivity (Wildman–Crippen MR) is 119 cm³/mol. The van der Waals surface area contributed by atoms with Crippen molar-refractivity contribution in [1.29, 1.82) is 0 Å². The fourth-order valence-corrected chi connectivity index (χ4v) is 4.24. The molecule has 1 N–H and O–H groups in total. The molecule has 9 heteroatoms. The normalized spacial score (nSPS) is 17.6. The molecule has 1 aliphatic rings. The highest BCUT2D eigenvalue weighted by Gasteiger charge is 2.47. The first-order chi connectivity index (χ1) is 15.4. The van der Waals surface area contributed by atoms with Gasteiger partial charge in [0.15, 0.2) is 0 Å². The Morgan fingerprint density at radius 1 is 1.16 bits per heavy atom. The van der Waals surface area contributed by atoms with Crippen LogP contribution in [0.3, 0.4) is 0 Å². The van der Waals surface area contributed by atoms with Gasteiger partial charge >= 0.3 is 0 Å². The number of rotatable bonds is 5. The molecule has 1 aromatic carbocycles. The lowest BCUT2D eigenvalue weighted by Crippen LogP contribution is -2.29. The number of halogens is 2. The van der Waals surface area contributed by atoms with Crippen molar-refractivity contribution < 1.29 is 19.4 Å². The maximum Gasteiger partial charge on any atom is 0.296 e. The third kappa shape index (κ3) is 3.92. The minimum Gasteiger partial charge on any atom is -0.507 e. The Hall–Kier alpha value is -3.42. The molecule has 7 nitrogen and oxygen atoms in total. The van der Waals surface area contributed by atoms with Crippen LogP contribution in [-0.4, -0.2) is 38.8 Å². The van der Waals surface area contributed by atoms with E-state index in [9.17, 15) is 14.7 Å². The molecule has 1 unspecified atom stereocenters. The van der Waals surface area contributed by atoms with E-state index in [2.05, 4.69) is 9.97 Å². The van der Waals surface area contributed by atoms with Crippen LogP contribution < -0.4 is 4.74 Å². The van der Waals surface area contributed by atoms with Crippen LogP contribution in [0.15, 0.2) is 66.6 Å². The van der Waals surface area contributed by atoms with E-state index in [-0.39, 0.29) is 33.5 Å². The molecule has 0 aliphatic carbocycles. The zero-order chi connectivity index (χ0) is 22.8. The minimum atomic E-state index is -0.932. The van der Waals surface area contributed by atoms with E-state index < -0.39 is 23.5 Å². The lowest BCUT2D eigenvalue weighted by atomic mass is 9.97. The number of ether oxygens (including phenoxy) is 1. The zero-order valence-electron chi connectivity index (χ0n) is 16.8. The van der Waals surface area contributed by atoms with E-state index in [0.717, 1.165) is 5.56 Å². The van der Waals surface area contributed by atoms with Crippen LogP contribution in [0.2, 0.25) is 10.0 Å². The highest BCUT2D eigenvalue weighted by atomic mass is 35.5. The Morgan fingerprint density at radius 3 is 2.62 bits per heavy atom. The molecule has 4 rings (SSSR count). The quantitative estimate of drug-likeness (QED) is 0.337. The fourth-order valence-electron chi connectivity index (χ4n) is 3.67. The molecule has 2 aromatic heterocycles. The number of amides is 1. The Kier molecular flexibility index (Phi) is 6.12. The molecule has 32 heavy (non-hydrogen) atoms. The number of hydrogen-bond acceptors (Lipinski definition) is 6. The average Bonchev–Trinajstić information content (AvgIpc) is 3.04. The van der Waals surface area contributed by atoms with Crippen molar-refractivity contribution in [2.24, 2.45) is 0 Å². The number of pyridine rings is 2. The molecule has 162 valence electrons. The van der Waals surface area contributed by atoms with Crippen molar-refractivity contribution in [2.45, 2.75) is 12.6 Å². The van der Waals surface area contributed by atoms with Crippen LogP contribution in [-0.2, 0) is 16.1 Å². The standard InChI is InChI=1S/C23H17Cl2N3O4/c1-32-22-15(9-14(24)10-16(22)25)20(29)18-19(17-6-2-3-8-27-17)28(23(31)21(18)30)12-13-5-4-7-26-11-13/h2-11,19,29H,12H2,1H3/b20-18+. The summed E-state index contributed by atoms with van der Waals surface area (Å²) in [6, 6.07) is 10.6. The van der Waals surface area contributed by atoms with Gasteiger partial charge in [-0.1, -0.05) is 35.3 Å². The van der Waals surface area contributed by atoms with Gasteiger partial charge in [0, 0.05) is 30.2 Å². The summed E-state index contributed by atoms with van der Waals surface area (Å²) in [7, 11) is 1.38. The molecule has 3 heterocycles. The zero-order valence-corrected chi connectivity index (χ0v) is 18.3. The van der Waals surface area contributed by atoms with Gasteiger partial charge in [0.1, 0.15) is 17.6 Å². The van der Waals surface area contributed by atoms with Gasteiger partial charge in [0.25, 0.3) is 11.7 Å². The van der Waals surface area contributed by atoms with Gasteiger partial charge < -0.3 is 14.7 Å². The summed E-state index contributed by atoms with van der Waals surface area (Å²) in [4.78, 5) is 35.9. The lowest BCUT2D eigenvalue weighted by Gasteiger charge is -2.24. The van der Waals surface area contributed by atoms with Gasteiger partial charge in [-0.15, -0.1) is 0 Å². The highest BCUT2D eigenvalue weighted by Crippen LogP contribution is 2.43. The van der Waals surface area contributed by atoms with Gasteiger partial charge in [-0.25, -0.2) is 0 Å². The Morgan fingerprint density at radius 2 is 1.97 bits per heavy atom. The molecule has 1 fully saturated rings. The third-order valence-corrected chi connectivity index (χ3v) is 5.55. The SMILES string of the molecule is COc1c(Cl)cc(Cl)cc1/C(O)=C1\C(=O)C(=O)N(Cc2cccnc2)C1c1ccccn1. The number of Topliss-reactive ketones (excluding diaryl/α,β-unsaturated/α-hetero) is 1. The van der Waals surface area contributed by atoms with Crippen LogP contribution in [0.5, 0.6) is 5.75 Å². The average molecular weight is 470 g/mol. The molecule has 0 bridgehead atoms. The van der Waals surface area contributed by atoms with E-state index in [1.165, 1.54) is 24.1 Å². The Labute approximate surface area is 193 Å². The van der Waals surface area contributed by atoms with E-state index in [1.54, 1.807) is 48.9 Å². The summed E-state index contributed by atoms with van der Waals surface area (Å²) < 4.78 is 5.32. The van der Waals surface area contributed by atoms with Gasteiger partial charge in [0.05, 0.1) is 29.0 Å². The Bertz CT molecular complexity index is 1220. The number of likely N-dealkylation sites (tertiary alicyclic amines) is 1.